The summed E-state index contributed by atoms with van der Waals surface area (Å²) < 4.78 is -2.78. The van der Waals surface area contributed by atoms with Gasteiger partial charge in [0.1, 0.15) is 21.7 Å². The molecule has 0 nitrogen and oxygen atoms in total. The minimum Gasteiger partial charge on any atom is -0.102 e. The van der Waals surface area contributed by atoms with Gasteiger partial charge in [-0.3, -0.25) is 0 Å². The van der Waals surface area contributed by atoms with Gasteiger partial charge in [-0.2, -0.15) is 0 Å². The van der Waals surface area contributed by atoms with Crippen LogP contribution in [0.4, 0.5) is 0 Å². The molecule has 11 atom stereocenters. The lowest BCUT2D eigenvalue weighted by atomic mass is 9.79. The molecule has 0 aromatic carbocycles. The second-order valence-corrected chi connectivity index (χ2v) is 51.4. The SMILES string of the molecule is C1CCC2CCCC2C1.C1CCC2CCCC2C1.C1CCCC1.C1CCCC1.C1CCCC1.CC(C)(Cl)Cl.CC(C)(Cl)Cl.CC(C)(Cl)Cl.CC(C)(Cl)Cl.CC(C)(Cl)Cl.CC1C(C)C(C)C(C)C1C.CC1C(C)C(C)C(C)C1C.CC1CC2CCCCC2C1.CC1CC2CCCCC2C1.CC1CCC2CCCCC12. The Morgan fingerprint density at radius 1 is 0.157 bits per heavy atom. The molecule has 15 aliphatic carbocycles. The third-order valence-electron chi connectivity index (χ3n) is 29.1. The molecule has 15 rings (SSSR count). The van der Waals surface area contributed by atoms with Gasteiger partial charge in [-0.1, -0.05) is 353 Å². The molecule has 15 saturated carbocycles. The first-order chi connectivity index (χ1) is 50.1. The molecule has 0 aromatic heterocycles. The molecule has 0 heterocycles. The number of hydrogen-bond acceptors (Lipinski definition) is 0. The van der Waals surface area contributed by atoms with Crippen molar-refractivity contribution < 1.29 is 0 Å². The van der Waals surface area contributed by atoms with Crippen LogP contribution in [0, 0.1) is 136 Å². The van der Waals surface area contributed by atoms with Gasteiger partial charge in [-0.15, -0.1) is 116 Å². The zero-order chi connectivity index (χ0) is 82.0. The Morgan fingerprint density at radius 2 is 0.296 bits per heavy atom. The Kier molecular flexibility index (Phi) is 59.3. The molecule has 108 heavy (non-hydrogen) atoms. The van der Waals surface area contributed by atoms with Crippen molar-refractivity contribution in [3.63, 3.8) is 0 Å². The Balaban J connectivity index is 0.000000585. The average molecular weight is 1720 g/mol. The fraction of sp³-hybridized carbons (Fsp3) is 1.00. The highest BCUT2D eigenvalue weighted by Crippen LogP contribution is 2.50. The number of alkyl halides is 10. The second kappa shape index (κ2) is 58.8. The van der Waals surface area contributed by atoms with Gasteiger partial charge in [0, 0.05) is 0 Å². The van der Waals surface area contributed by atoms with Gasteiger partial charge in [0.15, 0.2) is 0 Å². The van der Waals surface area contributed by atoms with Crippen LogP contribution in [0.5, 0.6) is 0 Å². The maximum atomic E-state index is 5.30. The van der Waals surface area contributed by atoms with Crippen LogP contribution >= 0.6 is 116 Å². The topological polar surface area (TPSA) is 0 Å². The van der Waals surface area contributed by atoms with Gasteiger partial charge in [-0.05, 0) is 244 Å². The zero-order valence-corrected chi connectivity index (χ0v) is 83.4. The molecule has 15 fully saturated rings. The van der Waals surface area contributed by atoms with Crippen LogP contribution in [0.25, 0.3) is 0 Å². The molecule has 0 aliphatic heterocycles. The third-order valence-corrected chi connectivity index (χ3v) is 29.1. The Labute approximate surface area is 728 Å². The van der Waals surface area contributed by atoms with E-state index in [1.807, 2.05) is 0 Å². The number of hydrogen-bond donors (Lipinski definition) is 0. The van der Waals surface area contributed by atoms with E-state index >= 15 is 0 Å². The second-order valence-electron chi connectivity index (χ2n) is 41.0. The van der Waals surface area contributed by atoms with Gasteiger partial charge in [-0.25, -0.2) is 0 Å². The van der Waals surface area contributed by atoms with Crippen molar-refractivity contribution in [1.29, 1.82) is 0 Å². The first kappa shape index (κ1) is 109. The minimum atomic E-state index is -0.556. The van der Waals surface area contributed by atoms with E-state index < -0.39 is 21.7 Å². The van der Waals surface area contributed by atoms with Gasteiger partial charge in [0.05, 0.1) is 0 Å². The molecular formula is C98H186Cl10. The van der Waals surface area contributed by atoms with Crippen molar-refractivity contribution >= 4 is 116 Å². The largest absolute Gasteiger partial charge is 0.112 e. The van der Waals surface area contributed by atoms with E-state index in [0.717, 1.165) is 112 Å². The van der Waals surface area contributed by atoms with E-state index in [1.54, 1.807) is 191 Å². The van der Waals surface area contributed by atoms with Crippen molar-refractivity contribution in [2.75, 3.05) is 0 Å². The molecule has 10 heteroatoms. The maximum absolute atomic E-state index is 5.30. The Bertz CT molecular complexity index is 1710. The highest BCUT2D eigenvalue weighted by Gasteiger charge is 2.41. The third kappa shape index (κ3) is 56.4. The Hall–Kier alpha value is 2.90. The lowest BCUT2D eigenvalue weighted by Gasteiger charge is -2.27. The molecule has 0 aromatic rings. The van der Waals surface area contributed by atoms with Crippen LogP contribution in [-0.4, -0.2) is 21.7 Å². The van der Waals surface area contributed by atoms with Crippen LogP contribution in [0.15, 0.2) is 0 Å². The van der Waals surface area contributed by atoms with Gasteiger partial charge < -0.3 is 0 Å². The van der Waals surface area contributed by atoms with Crippen LogP contribution in [0.1, 0.15) is 461 Å². The molecule has 0 amide bonds. The van der Waals surface area contributed by atoms with Crippen LogP contribution in [0.3, 0.4) is 0 Å². The fourth-order valence-corrected chi connectivity index (χ4v) is 21.9. The average Bonchev–Trinajstić information content (AvgIpc) is 1.68. The smallest absolute Gasteiger partial charge is 0.102 e. The molecule has 0 saturated heterocycles. The predicted octanol–water partition coefficient (Wildman–Crippen LogP) is 38.8. The summed E-state index contributed by atoms with van der Waals surface area (Å²) in [6, 6.07) is 0. The van der Waals surface area contributed by atoms with Crippen molar-refractivity contribution in [3.05, 3.63) is 0 Å². The molecule has 0 bridgehead atoms. The molecule has 648 valence electrons. The van der Waals surface area contributed by atoms with Crippen molar-refractivity contribution in [1.82, 2.24) is 0 Å². The van der Waals surface area contributed by atoms with Crippen LogP contribution in [0.2, 0.25) is 0 Å². The van der Waals surface area contributed by atoms with E-state index in [9.17, 15) is 0 Å². The van der Waals surface area contributed by atoms with Crippen molar-refractivity contribution in [2.45, 2.75) is 483 Å². The summed E-state index contributed by atoms with van der Waals surface area (Å²) in [6.45, 7) is 48.5. The quantitative estimate of drug-likeness (QED) is 0.212. The Morgan fingerprint density at radius 3 is 0.463 bits per heavy atom. The van der Waals surface area contributed by atoms with E-state index in [0.29, 0.717) is 0 Å². The van der Waals surface area contributed by atoms with E-state index in [1.165, 1.54) is 203 Å². The first-order valence-corrected chi connectivity index (χ1v) is 50.8. The summed E-state index contributed by atoms with van der Waals surface area (Å²) in [5, 5.41) is 0. The minimum absolute atomic E-state index is 0.556. The lowest BCUT2D eigenvalue weighted by Crippen LogP contribution is -2.17. The van der Waals surface area contributed by atoms with Crippen LogP contribution in [-0.2, 0) is 0 Å². The summed E-state index contributed by atoms with van der Waals surface area (Å²) in [5.74, 6) is 24.0. The van der Waals surface area contributed by atoms with Gasteiger partial charge in [0.25, 0.3) is 0 Å². The van der Waals surface area contributed by atoms with Gasteiger partial charge >= 0.3 is 0 Å². The molecular weight excluding hydrogens is 1530 g/mol. The van der Waals surface area contributed by atoms with Crippen LogP contribution < -0.4 is 0 Å². The molecule has 0 N–H and O–H groups in total. The lowest BCUT2D eigenvalue weighted by molar-refractivity contribution is 0.238. The summed E-state index contributed by atoms with van der Waals surface area (Å²) >= 11 is 53.0. The molecule has 0 spiro atoms. The monoisotopic (exact) mass is 1710 g/mol. The molecule has 15 aliphatic rings. The molecule has 0 radical (unpaired) electrons. The number of halogens is 10. The summed E-state index contributed by atoms with van der Waals surface area (Å²) in [4.78, 5) is 0. The van der Waals surface area contributed by atoms with E-state index in [2.05, 4.69) is 90.0 Å². The standard InChI is InChI=1S/3C10H18.2C10H20.2C9H16.3C5H10.5C3H6Cl2/c2*1-8-6-9-4-2-3-5-10(9)7-8;1-8-6-7-9-4-2-3-5-10(8)9;2*1-6-7(2)9(4)10(5)8(6)3;2*1-2-5-9-7-3-6-8(9)4-1;3*1-2-4-5-3-1;5*1-3(2,4)5/h3*8-10H,2-7H2,1H3;2*6-10H,1-5H3;2*8-9H,1-7H2;3*1-5H2;5*1-2H3. The van der Waals surface area contributed by atoms with E-state index in [-0.39, 0.29) is 0 Å². The summed E-state index contributed by atoms with van der Waals surface area (Å²) in [6.07, 6.45) is 71.9. The predicted molar refractivity (Wildman–Crippen MR) is 500 cm³/mol. The van der Waals surface area contributed by atoms with E-state index in [4.69, 9.17) is 116 Å². The highest BCUT2D eigenvalue weighted by molar-refractivity contribution is 6.49. The zero-order valence-electron chi connectivity index (χ0n) is 75.8. The van der Waals surface area contributed by atoms with Gasteiger partial charge in [0.2, 0.25) is 0 Å². The number of rotatable bonds is 0. The summed E-state index contributed by atoms with van der Waals surface area (Å²) in [5.41, 5.74) is 0. The van der Waals surface area contributed by atoms with Crippen molar-refractivity contribution in [3.8, 4) is 0 Å². The highest BCUT2D eigenvalue weighted by atomic mass is 35.5. The number of fused-ring (bicyclic) bond motifs is 5. The fourth-order valence-electron chi connectivity index (χ4n) is 21.9. The summed E-state index contributed by atoms with van der Waals surface area (Å²) in [7, 11) is 0. The normalized spacial score (nSPS) is 36.6. The molecule has 11 unspecified atom stereocenters. The van der Waals surface area contributed by atoms with Crippen molar-refractivity contribution in [2.24, 2.45) is 136 Å². The first-order valence-electron chi connectivity index (χ1n) is 47.0. The maximum Gasteiger partial charge on any atom is 0.112 e.